The molecule has 22 heavy (non-hydrogen) atoms. The molecule has 7 heteroatoms. The number of carbonyl (C=O) groups is 1. The Morgan fingerprint density at radius 2 is 2.18 bits per heavy atom. The van der Waals surface area contributed by atoms with Gasteiger partial charge in [-0.05, 0) is 37.0 Å². The normalized spacial score (nSPS) is 18.8. The summed E-state index contributed by atoms with van der Waals surface area (Å²) in [6.45, 7) is 5.60. The average Bonchev–Trinajstić information content (AvgIpc) is 2.97. The lowest BCUT2D eigenvalue weighted by Crippen LogP contribution is -2.35. The van der Waals surface area contributed by atoms with Crippen LogP contribution in [-0.4, -0.2) is 44.9 Å². The molecule has 1 heterocycles. The molecule has 0 radical (unpaired) electrons. The van der Waals surface area contributed by atoms with Crippen LogP contribution in [0.2, 0.25) is 0 Å². The second-order valence-corrected chi connectivity index (χ2v) is 7.46. The molecule has 1 aliphatic rings. The Bertz CT molecular complexity index is 652. The first kappa shape index (κ1) is 16.9. The molecule has 122 valence electrons. The Morgan fingerprint density at radius 1 is 1.45 bits per heavy atom. The van der Waals surface area contributed by atoms with Gasteiger partial charge >= 0.3 is 0 Å². The highest BCUT2D eigenvalue weighted by Gasteiger charge is 2.28. The summed E-state index contributed by atoms with van der Waals surface area (Å²) in [4.78, 5) is 11.5. The van der Waals surface area contributed by atoms with Gasteiger partial charge in [0.15, 0.2) is 0 Å². The number of ether oxygens (including phenoxy) is 1. The third-order valence-corrected chi connectivity index (χ3v) is 5.89. The lowest BCUT2D eigenvalue weighted by molar-refractivity contribution is 0.0999. The van der Waals surface area contributed by atoms with Crippen LogP contribution in [0.1, 0.15) is 29.3 Å². The second kappa shape index (κ2) is 6.76. The number of carbonyl (C=O) groups excluding carboxylic acids is 1. The molecule has 1 saturated heterocycles. The van der Waals surface area contributed by atoms with Gasteiger partial charge in [-0.15, -0.1) is 0 Å². The fourth-order valence-electron chi connectivity index (χ4n) is 2.59. The minimum absolute atomic E-state index is 0.104. The van der Waals surface area contributed by atoms with Gasteiger partial charge in [-0.1, -0.05) is 13.0 Å². The first-order valence-electron chi connectivity index (χ1n) is 7.34. The number of hydrogen-bond donors (Lipinski definition) is 1. The van der Waals surface area contributed by atoms with Crippen LogP contribution < -0.4 is 5.73 Å². The van der Waals surface area contributed by atoms with Crippen LogP contribution in [0, 0.1) is 12.8 Å². The van der Waals surface area contributed by atoms with E-state index in [9.17, 15) is 13.2 Å². The highest BCUT2D eigenvalue weighted by Crippen LogP contribution is 2.22. The fourth-order valence-corrected chi connectivity index (χ4v) is 4.14. The summed E-state index contributed by atoms with van der Waals surface area (Å²) in [5.74, 6) is -0.405. The highest BCUT2D eigenvalue weighted by molar-refractivity contribution is 7.89. The van der Waals surface area contributed by atoms with Gasteiger partial charge in [-0.25, -0.2) is 8.42 Å². The van der Waals surface area contributed by atoms with Crippen LogP contribution in [0.3, 0.4) is 0 Å². The van der Waals surface area contributed by atoms with Crippen molar-refractivity contribution >= 4 is 15.9 Å². The van der Waals surface area contributed by atoms with Crippen molar-refractivity contribution in [1.82, 2.24) is 4.31 Å². The SMILES string of the molecule is CCN(CC1CCOC1)S(=O)(=O)c1ccc(C)c(C(N)=O)c1. The van der Waals surface area contributed by atoms with Crippen molar-refractivity contribution in [3.8, 4) is 0 Å². The summed E-state index contributed by atoms with van der Waals surface area (Å²) < 4.78 is 32.3. The van der Waals surface area contributed by atoms with E-state index in [4.69, 9.17) is 10.5 Å². The summed E-state index contributed by atoms with van der Waals surface area (Å²) in [5, 5.41) is 0. The van der Waals surface area contributed by atoms with Gasteiger partial charge in [0.05, 0.1) is 11.5 Å². The topological polar surface area (TPSA) is 89.7 Å². The average molecular weight is 326 g/mol. The van der Waals surface area contributed by atoms with Gasteiger partial charge in [-0.2, -0.15) is 4.31 Å². The van der Waals surface area contributed by atoms with Crippen molar-refractivity contribution in [1.29, 1.82) is 0 Å². The quantitative estimate of drug-likeness (QED) is 0.849. The number of primary amides is 1. The lowest BCUT2D eigenvalue weighted by Gasteiger charge is -2.23. The number of nitrogens with two attached hydrogens (primary N) is 1. The molecule has 0 aromatic heterocycles. The monoisotopic (exact) mass is 326 g/mol. The van der Waals surface area contributed by atoms with Crippen LogP contribution in [-0.2, 0) is 14.8 Å². The van der Waals surface area contributed by atoms with Crippen molar-refractivity contribution in [2.45, 2.75) is 25.2 Å². The van der Waals surface area contributed by atoms with E-state index in [1.807, 2.05) is 0 Å². The Balaban J connectivity index is 2.31. The number of rotatable bonds is 6. The molecule has 1 aromatic rings. The number of amides is 1. The van der Waals surface area contributed by atoms with Crippen LogP contribution >= 0.6 is 0 Å². The van der Waals surface area contributed by atoms with Crippen molar-refractivity contribution in [3.05, 3.63) is 29.3 Å². The van der Waals surface area contributed by atoms with E-state index in [1.54, 1.807) is 19.9 Å². The standard InChI is InChI=1S/C15H22N2O4S/c1-3-17(9-12-6-7-21-10-12)22(19,20)13-5-4-11(2)14(8-13)15(16)18/h4-5,8,12H,3,6-7,9-10H2,1-2H3,(H2,16,18). The summed E-state index contributed by atoms with van der Waals surface area (Å²) >= 11 is 0. The molecule has 1 amide bonds. The van der Waals surface area contributed by atoms with Crippen LogP contribution in [0.5, 0.6) is 0 Å². The molecule has 1 aliphatic heterocycles. The van der Waals surface area contributed by atoms with Crippen LogP contribution in [0.15, 0.2) is 23.1 Å². The predicted octanol–water partition coefficient (Wildman–Crippen LogP) is 1.14. The number of aryl methyl sites for hydroxylation is 1. The molecule has 2 N–H and O–H groups in total. The Labute approximate surface area is 131 Å². The minimum atomic E-state index is -3.64. The van der Waals surface area contributed by atoms with Crippen molar-refractivity contribution in [2.75, 3.05) is 26.3 Å². The zero-order valence-electron chi connectivity index (χ0n) is 12.9. The van der Waals surface area contributed by atoms with Crippen LogP contribution in [0.25, 0.3) is 0 Å². The largest absolute Gasteiger partial charge is 0.381 e. The molecule has 0 bridgehead atoms. The number of nitrogens with zero attached hydrogens (tertiary/aromatic N) is 1. The zero-order chi connectivity index (χ0) is 16.3. The van der Waals surface area contributed by atoms with E-state index in [1.165, 1.54) is 16.4 Å². The first-order chi connectivity index (χ1) is 10.4. The summed E-state index contributed by atoms with van der Waals surface area (Å²) in [6, 6.07) is 4.49. The minimum Gasteiger partial charge on any atom is -0.381 e. The molecule has 1 aromatic carbocycles. The Morgan fingerprint density at radius 3 is 2.73 bits per heavy atom. The molecule has 1 atom stereocenters. The molecule has 0 aliphatic carbocycles. The molecule has 2 rings (SSSR count). The predicted molar refractivity (Wildman–Crippen MR) is 83.1 cm³/mol. The van der Waals surface area contributed by atoms with Gasteiger partial charge in [0, 0.05) is 25.3 Å². The summed E-state index contributed by atoms with van der Waals surface area (Å²) in [7, 11) is -3.64. The van der Waals surface area contributed by atoms with E-state index >= 15 is 0 Å². The third-order valence-electron chi connectivity index (χ3n) is 3.95. The van der Waals surface area contributed by atoms with Gasteiger partial charge in [0.1, 0.15) is 0 Å². The molecule has 1 fully saturated rings. The van der Waals surface area contributed by atoms with Gasteiger partial charge in [0.2, 0.25) is 15.9 Å². The Hall–Kier alpha value is -1.44. The maximum Gasteiger partial charge on any atom is 0.249 e. The maximum absolute atomic E-state index is 12.8. The smallest absolute Gasteiger partial charge is 0.249 e. The molecule has 0 saturated carbocycles. The Kier molecular flexibility index (Phi) is 5.20. The molecule has 0 spiro atoms. The number of sulfonamides is 1. The summed E-state index contributed by atoms with van der Waals surface area (Å²) in [6.07, 6.45) is 0.868. The van der Waals surface area contributed by atoms with Crippen molar-refractivity contribution in [2.24, 2.45) is 11.7 Å². The molecular formula is C15H22N2O4S. The van der Waals surface area contributed by atoms with E-state index in [0.29, 0.717) is 31.9 Å². The number of benzene rings is 1. The van der Waals surface area contributed by atoms with E-state index in [0.717, 1.165) is 6.42 Å². The third kappa shape index (κ3) is 3.48. The van der Waals surface area contributed by atoms with Crippen LogP contribution in [0.4, 0.5) is 0 Å². The highest BCUT2D eigenvalue weighted by atomic mass is 32.2. The summed E-state index contributed by atoms with van der Waals surface area (Å²) in [5.41, 5.74) is 6.21. The molecular weight excluding hydrogens is 304 g/mol. The van der Waals surface area contributed by atoms with Crippen molar-refractivity contribution < 1.29 is 17.9 Å². The number of hydrogen-bond acceptors (Lipinski definition) is 4. The maximum atomic E-state index is 12.8. The fraction of sp³-hybridized carbons (Fsp3) is 0.533. The van der Waals surface area contributed by atoms with Gasteiger partial charge in [-0.3, -0.25) is 4.79 Å². The molecule has 1 unspecified atom stereocenters. The van der Waals surface area contributed by atoms with Crippen molar-refractivity contribution in [3.63, 3.8) is 0 Å². The zero-order valence-corrected chi connectivity index (χ0v) is 13.7. The van der Waals surface area contributed by atoms with E-state index in [-0.39, 0.29) is 16.4 Å². The first-order valence-corrected chi connectivity index (χ1v) is 8.78. The van der Waals surface area contributed by atoms with E-state index < -0.39 is 15.9 Å². The van der Waals surface area contributed by atoms with E-state index in [2.05, 4.69) is 0 Å². The second-order valence-electron chi connectivity index (χ2n) is 5.53. The van der Waals surface area contributed by atoms with Gasteiger partial charge < -0.3 is 10.5 Å². The lowest BCUT2D eigenvalue weighted by atomic mass is 10.1. The molecule has 6 nitrogen and oxygen atoms in total. The van der Waals surface area contributed by atoms with Gasteiger partial charge in [0.25, 0.3) is 0 Å².